The SMILES string of the molecule is O=C(NC(c1ccccc1)c1ccccc1)C(Cc1csc2ccccc12)N(c1ccc(O)cc1)S(=O)(=O)c1ccccc1. The van der Waals surface area contributed by atoms with Gasteiger partial charge in [-0.3, -0.25) is 9.10 Å². The molecule has 0 bridgehead atoms. The first kappa shape index (κ1) is 29.2. The third-order valence-electron chi connectivity index (χ3n) is 7.52. The van der Waals surface area contributed by atoms with Gasteiger partial charge in [0.2, 0.25) is 5.91 Å². The first-order valence-electron chi connectivity index (χ1n) is 14.2. The van der Waals surface area contributed by atoms with Crippen LogP contribution in [0.2, 0.25) is 0 Å². The van der Waals surface area contributed by atoms with E-state index in [1.165, 1.54) is 40.7 Å². The first-order valence-corrected chi connectivity index (χ1v) is 16.5. The van der Waals surface area contributed by atoms with E-state index in [1.807, 2.05) is 90.3 Å². The second-order valence-corrected chi connectivity index (χ2v) is 13.1. The van der Waals surface area contributed by atoms with Crippen LogP contribution < -0.4 is 9.62 Å². The normalized spacial score (nSPS) is 12.2. The number of aromatic hydroxyl groups is 1. The van der Waals surface area contributed by atoms with Crippen molar-refractivity contribution in [2.75, 3.05) is 4.31 Å². The summed E-state index contributed by atoms with van der Waals surface area (Å²) in [6.07, 6.45) is 0.124. The molecule has 0 spiro atoms. The van der Waals surface area contributed by atoms with Crippen LogP contribution in [0.1, 0.15) is 22.7 Å². The van der Waals surface area contributed by atoms with Crippen LogP contribution in [0.4, 0.5) is 5.69 Å². The largest absolute Gasteiger partial charge is 0.508 e. The number of amides is 1. The van der Waals surface area contributed by atoms with Gasteiger partial charge in [-0.05, 0) is 69.9 Å². The number of nitrogens with zero attached hydrogens (tertiary/aromatic N) is 1. The average molecular weight is 619 g/mol. The van der Waals surface area contributed by atoms with E-state index in [2.05, 4.69) is 5.32 Å². The van der Waals surface area contributed by atoms with E-state index < -0.39 is 28.0 Å². The number of phenols is 1. The summed E-state index contributed by atoms with van der Waals surface area (Å²) in [6.45, 7) is 0. The number of carbonyl (C=O) groups is 1. The van der Waals surface area contributed by atoms with Gasteiger partial charge >= 0.3 is 0 Å². The number of nitrogens with one attached hydrogen (secondary N) is 1. The number of anilines is 1. The molecule has 1 heterocycles. The summed E-state index contributed by atoms with van der Waals surface area (Å²) in [4.78, 5) is 14.7. The molecule has 1 atom stereocenters. The number of phenolic OH excluding ortho intramolecular Hbond substituents is 1. The van der Waals surface area contributed by atoms with Gasteiger partial charge < -0.3 is 10.4 Å². The van der Waals surface area contributed by atoms with Crippen molar-refractivity contribution in [2.24, 2.45) is 0 Å². The smallest absolute Gasteiger partial charge is 0.265 e. The lowest BCUT2D eigenvalue weighted by molar-refractivity contribution is -0.122. The number of sulfonamides is 1. The fraction of sp³-hybridized carbons (Fsp3) is 0.0833. The lowest BCUT2D eigenvalue weighted by Gasteiger charge is -2.33. The Labute approximate surface area is 260 Å². The summed E-state index contributed by atoms with van der Waals surface area (Å²) in [5, 5.41) is 16.2. The highest BCUT2D eigenvalue weighted by atomic mass is 32.2. The van der Waals surface area contributed by atoms with Gasteiger partial charge in [0, 0.05) is 11.1 Å². The Morgan fingerprint density at radius 1 is 0.727 bits per heavy atom. The van der Waals surface area contributed by atoms with E-state index in [9.17, 15) is 18.3 Å². The fourth-order valence-corrected chi connectivity index (χ4v) is 7.97. The van der Waals surface area contributed by atoms with Crippen LogP contribution in [0, 0.1) is 0 Å². The summed E-state index contributed by atoms with van der Waals surface area (Å²) in [6, 6.07) is 39.4. The molecule has 0 radical (unpaired) electrons. The second-order valence-electron chi connectivity index (χ2n) is 10.4. The van der Waals surface area contributed by atoms with Gasteiger partial charge in [-0.2, -0.15) is 0 Å². The summed E-state index contributed by atoms with van der Waals surface area (Å²) in [7, 11) is -4.24. The average Bonchev–Trinajstić information content (AvgIpc) is 3.48. The second kappa shape index (κ2) is 12.8. The van der Waals surface area contributed by atoms with Crippen LogP contribution in [-0.4, -0.2) is 25.5 Å². The van der Waals surface area contributed by atoms with E-state index in [1.54, 1.807) is 29.5 Å². The molecule has 1 unspecified atom stereocenters. The highest BCUT2D eigenvalue weighted by molar-refractivity contribution is 7.93. The molecular weight excluding hydrogens is 589 g/mol. The molecule has 6 aromatic rings. The maximum absolute atomic E-state index is 14.7. The van der Waals surface area contributed by atoms with Crippen LogP contribution >= 0.6 is 11.3 Å². The molecule has 0 aliphatic heterocycles. The van der Waals surface area contributed by atoms with Crippen LogP contribution in [0.5, 0.6) is 5.75 Å². The molecule has 6 nitrogen and oxygen atoms in total. The molecule has 6 rings (SSSR count). The summed E-state index contributed by atoms with van der Waals surface area (Å²) in [5.74, 6) is -0.463. The Morgan fingerprint density at radius 2 is 1.27 bits per heavy atom. The van der Waals surface area contributed by atoms with Crippen molar-refractivity contribution < 1.29 is 18.3 Å². The van der Waals surface area contributed by atoms with E-state index in [4.69, 9.17) is 0 Å². The van der Waals surface area contributed by atoms with Gasteiger partial charge in [0.25, 0.3) is 10.0 Å². The maximum atomic E-state index is 14.7. The Morgan fingerprint density at radius 3 is 1.89 bits per heavy atom. The number of hydrogen-bond acceptors (Lipinski definition) is 5. The van der Waals surface area contributed by atoms with Gasteiger partial charge in [-0.1, -0.05) is 97.1 Å². The van der Waals surface area contributed by atoms with Crippen molar-refractivity contribution in [1.82, 2.24) is 5.32 Å². The monoisotopic (exact) mass is 618 g/mol. The zero-order chi connectivity index (χ0) is 30.5. The highest BCUT2D eigenvalue weighted by Gasteiger charge is 2.38. The quantitative estimate of drug-likeness (QED) is 0.168. The molecule has 0 aliphatic carbocycles. The molecule has 0 aliphatic rings. The number of hydrogen-bond donors (Lipinski definition) is 2. The van der Waals surface area contributed by atoms with Crippen molar-refractivity contribution in [1.29, 1.82) is 0 Å². The van der Waals surface area contributed by atoms with Gasteiger partial charge in [0.1, 0.15) is 11.8 Å². The molecule has 5 aromatic carbocycles. The van der Waals surface area contributed by atoms with Gasteiger partial charge in [-0.25, -0.2) is 8.42 Å². The van der Waals surface area contributed by atoms with Crippen molar-refractivity contribution >= 4 is 43.0 Å². The van der Waals surface area contributed by atoms with Gasteiger partial charge in [0.15, 0.2) is 0 Å². The summed E-state index contributed by atoms with van der Waals surface area (Å²) < 4.78 is 31.2. The molecule has 44 heavy (non-hydrogen) atoms. The lowest BCUT2D eigenvalue weighted by atomic mass is 9.97. The lowest BCUT2D eigenvalue weighted by Crippen LogP contribution is -2.51. The van der Waals surface area contributed by atoms with Crippen molar-refractivity contribution in [3.8, 4) is 5.75 Å². The Kier molecular flexibility index (Phi) is 8.45. The number of rotatable bonds is 10. The van der Waals surface area contributed by atoms with Crippen molar-refractivity contribution in [3.05, 3.63) is 162 Å². The Balaban J connectivity index is 1.50. The van der Waals surface area contributed by atoms with E-state index >= 15 is 0 Å². The first-order chi connectivity index (χ1) is 21.4. The molecule has 0 saturated heterocycles. The fourth-order valence-electron chi connectivity index (χ4n) is 5.36. The topological polar surface area (TPSA) is 86.7 Å². The van der Waals surface area contributed by atoms with Crippen molar-refractivity contribution in [3.63, 3.8) is 0 Å². The van der Waals surface area contributed by atoms with Crippen LogP contribution in [0.25, 0.3) is 10.1 Å². The van der Waals surface area contributed by atoms with E-state index in [-0.39, 0.29) is 22.8 Å². The molecule has 220 valence electrons. The standard InChI is InChI=1S/C36H30N2O4S2/c39-30-22-20-29(21-23-30)38(44(41,42)31-16-8-3-9-17-31)33(24-28-25-43-34-19-11-10-18-32(28)34)36(40)37-35(26-12-4-1-5-13-26)27-14-6-2-7-15-27/h1-23,25,33,35,39H,24H2,(H,37,40). The Bertz CT molecular complexity index is 1920. The van der Waals surface area contributed by atoms with Crippen LogP contribution in [0.15, 0.2) is 150 Å². The molecule has 1 aromatic heterocycles. The minimum absolute atomic E-state index is 0.0103. The maximum Gasteiger partial charge on any atom is 0.265 e. The third kappa shape index (κ3) is 6.08. The number of fused-ring (bicyclic) bond motifs is 1. The van der Waals surface area contributed by atoms with Crippen molar-refractivity contribution in [2.45, 2.75) is 23.4 Å². The van der Waals surface area contributed by atoms with E-state index in [0.29, 0.717) is 0 Å². The molecule has 2 N–H and O–H groups in total. The summed E-state index contributed by atoms with van der Waals surface area (Å²) >= 11 is 1.56. The molecular formula is C36H30N2O4S2. The molecule has 1 amide bonds. The minimum Gasteiger partial charge on any atom is -0.508 e. The van der Waals surface area contributed by atoms with Crippen LogP contribution in [-0.2, 0) is 21.2 Å². The van der Waals surface area contributed by atoms with Gasteiger partial charge in [-0.15, -0.1) is 11.3 Å². The predicted molar refractivity (Wildman–Crippen MR) is 176 cm³/mol. The minimum atomic E-state index is -4.24. The number of carbonyl (C=O) groups excluding carboxylic acids is 1. The summed E-state index contributed by atoms with van der Waals surface area (Å²) in [5.41, 5.74) is 2.87. The van der Waals surface area contributed by atoms with Crippen LogP contribution in [0.3, 0.4) is 0 Å². The molecule has 0 fully saturated rings. The zero-order valence-corrected chi connectivity index (χ0v) is 25.3. The Hall–Kier alpha value is -4.92. The molecule has 0 saturated carbocycles. The molecule has 8 heteroatoms. The number of thiophene rings is 1. The van der Waals surface area contributed by atoms with E-state index in [0.717, 1.165) is 26.8 Å². The number of benzene rings is 5. The highest BCUT2D eigenvalue weighted by Crippen LogP contribution is 2.33. The predicted octanol–water partition coefficient (Wildman–Crippen LogP) is 7.32. The third-order valence-corrected chi connectivity index (χ3v) is 10.4. The zero-order valence-electron chi connectivity index (χ0n) is 23.7. The van der Waals surface area contributed by atoms with Gasteiger partial charge in [0.05, 0.1) is 16.6 Å².